The van der Waals surface area contributed by atoms with Crippen molar-refractivity contribution in [3.63, 3.8) is 0 Å². The zero-order valence-electron chi connectivity index (χ0n) is 18.3. The Morgan fingerprint density at radius 1 is 1.00 bits per heavy atom. The van der Waals surface area contributed by atoms with Gasteiger partial charge in [0.1, 0.15) is 5.75 Å². The average Bonchev–Trinajstić information content (AvgIpc) is 3.51. The molecule has 3 heterocycles. The average molecular weight is 465 g/mol. The molecule has 0 saturated carbocycles. The maximum atomic E-state index is 5.51. The second-order valence-electron chi connectivity index (χ2n) is 7.45. The molecular weight excluding hydrogens is 440 g/mol. The number of hydrogen-bond donors (Lipinski definition) is 0. The fraction of sp³-hybridized carbons (Fsp3) is 0.304. The van der Waals surface area contributed by atoms with E-state index in [9.17, 15) is 0 Å². The van der Waals surface area contributed by atoms with E-state index in [1.54, 1.807) is 7.11 Å². The van der Waals surface area contributed by atoms with E-state index in [0.29, 0.717) is 43.0 Å². The summed E-state index contributed by atoms with van der Waals surface area (Å²) in [5.74, 6) is 3.06. The van der Waals surface area contributed by atoms with Crippen molar-refractivity contribution in [1.29, 1.82) is 0 Å². The second kappa shape index (κ2) is 10.1. The summed E-state index contributed by atoms with van der Waals surface area (Å²) in [6.07, 6.45) is 0. The third-order valence-electron chi connectivity index (χ3n) is 5.32. The molecule has 2 aromatic heterocycles. The van der Waals surface area contributed by atoms with Gasteiger partial charge in [-0.15, -0.1) is 10.2 Å². The Kier molecular flexibility index (Phi) is 6.54. The summed E-state index contributed by atoms with van der Waals surface area (Å²) in [5, 5.41) is 13.9. The molecule has 1 saturated heterocycles. The molecule has 5 rings (SSSR count). The van der Waals surface area contributed by atoms with Gasteiger partial charge in [-0.05, 0) is 17.7 Å². The van der Waals surface area contributed by atoms with Crippen LogP contribution >= 0.6 is 11.8 Å². The number of anilines is 1. The van der Waals surface area contributed by atoms with Gasteiger partial charge in [0.2, 0.25) is 17.7 Å². The van der Waals surface area contributed by atoms with Gasteiger partial charge in [-0.2, -0.15) is 4.98 Å². The monoisotopic (exact) mass is 464 g/mol. The number of thioether (sulfide) groups is 1. The fourth-order valence-corrected chi connectivity index (χ4v) is 4.44. The van der Waals surface area contributed by atoms with Crippen molar-refractivity contribution in [2.24, 2.45) is 0 Å². The summed E-state index contributed by atoms with van der Waals surface area (Å²) in [7, 11) is 1.63. The largest absolute Gasteiger partial charge is 0.496 e. The Labute approximate surface area is 195 Å². The lowest BCUT2D eigenvalue weighted by molar-refractivity contribution is 0.121. The number of para-hydroxylation sites is 1. The van der Waals surface area contributed by atoms with E-state index < -0.39 is 0 Å². The summed E-state index contributed by atoms with van der Waals surface area (Å²) in [4.78, 5) is 6.77. The normalized spacial score (nSPS) is 13.9. The van der Waals surface area contributed by atoms with Crippen LogP contribution in [0.15, 0.2) is 64.3 Å². The quantitative estimate of drug-likeness (QED) is 0.363. The van der Waals surface area contributed by atoms with Crippen molar-refractivity contribution in [3.05, 3.63) is 66.1 Å². The number of morpholine rings is 1. The maximum Gasteiger partial charge on any atom is 0.237 e. The highest BCUT2D eigenvalue weighted by Crippen LogP contribution is 2.30. The summed E-state index contributed by atoms with van der Waals surface area (Å²) >= 11 is 1.53. The lowest BCUT2D eigenvalue weighted by Gasteiger charge is -2.28. The van der Waals surface area contributed by atoms with Gasteiger partial charge in [0.05, 0.1) is 38.2 Å². The third kappa shape index (κ3) is 4.86. The van der Waals surface area contributed by atoms with E-state index in [4.69, 9.17) is 14.0 Å². The van der Waals surface area contributed by atoms with E-state index in [0.717, 1.165) is 29.8 Å². The number of nitrogens with zero attached hydrogens (tertiary/aromatic N) is 6. The molecule has 0 aliphatic carbocycles. The van der Waals surface area contributed by atoms with E-state index in [1.807, 2.05) is 42.5 Å². The van der Waals surface area contributed by atoms with E-state index in [1.165, 1.54) is 17.3 Å². The molecule has 0 amide bonds. The molecule has 2 aromatic carbocycles. The van der Waals surface area contributed by atoms with Crippen molar-refractivity contribution in [1.82, 2.24) is 24.9 Å². The second-order valence-corrected chi connectivity index (χ2v) is 8.40. The molecule has 0 radical (unpaired) electrons. The SMILES string of the molecule is COc1ccccc1-c1noc(CSc2nnc(N3CCOCC3)n2Cc2ccccc2)n1. The number of ether oxygens (including phenoxy) is 2. The van der Waals surface area contributed by atoms with Gasteiger partial charge >= 0.3 is 0 Å². The number of rotatable bonds is 8. The zero-order chi connectivity index (χ0) is 22.5. The number of hydrogen-bond acceptors (Lipinski definition) is 9. The Balaban J connectivity index is 1.36. The lowest BCUT2D eigenvalue weighted by atomic mass is 10.2. The highest BCUT2D eigenvalue weighted by atomic mass is 32.2. The minimum absolute atomic E-state index is 0.484. The molecular formula is C23H24N6O3S. The molecule has 1 aliphatic rings. The molecule has 0 N–H and O–H groups in total. The minimum atomic E-state index is 0.484. The van der Waals surface area contributed by atoms with Gasteiger partial charge < -0.3 is 18.9 Å². The molecule has 0 unspecified atom stereocenters. The number of aromatic nitrogens is 5. The molecule has 1 aliphatic heterocycles. The van der Waals surface area contributed by atoms with Crippen LogP contribution in [0.5, 0.6) is 5.75 Å². The molecule has 33 heavy (non-hydrogen) atoms. The molecule has 0 bridgehead atoms. The van der Waals surface area contributed by atoms with Crippen molar-refractivity contribution in [2.45, 2.75) is 17.5 Å². The van der Waals surface area contributed by atoms with Crippen molar-refractivity contribution in [3.8, 4) is 17.1 Å². The van der Waals surface area contributed by atoms with E-state index in [2.05, 4.69) is 41.9 Å². The predicted molar refractivity (Wildman–Crippen MR) is 124 cm³/mol. The molecule has 9 nitrogen and oxygen atoms in total. The van der Waals surface area contributed by atoms with Gasteiger partial charge in [-0.3, -0.25) is 4.57 Å². The van der Waals surface area contributed by atoms with E-state index >= 15 is 0 Å². The predicted octanol–water partition coefficient (Wildman–Crippen LogP) is 3.51. The van der Waals surface area contributed by atoms with Crippen LogP contribution in [0.2, 0.25) is 0 Å². The van der Waals surface area contributed by atoms with Crippen molar-refractivity contribution >= 4 is 17.7 Å². The standard InChI is InChI=1S/C23H24N6O3S/c1-30-19-10-6-5-9-18(19)21-24-20(32-27-21)16-33-23-26-25-22(28-11-13-31-14-12-28)29(23)15-17-7-3-2-4-8-17/h2-10H,11-16H2,1H3. The van der Waals surface area contributed by atoms with Crippen LogP contribution in [0.4, 0.5) is 5.95 Å². The molecule has 10 heteroatoms. The Morgan fingerprint density at radius 3 is 2.61 bits per heavy atom. The molecule has 170 valence electrons. The number of methoxy groups -OCH3 is 1. The van der Waals surface area contributed by atoms with Gasteiger partial charge in [-0.25, -0.2) is 0 Å². The summed E-state index contributed by atoms with van der Waals surface area (Å²) in [6, 6.07) is 17.9. The molecule has 4 aromatic rings. The van der Waals surface area contributed by atoms with Crippen LogP contribution in [-0.2, 0) is 17.0 Å². The highest BCUT2D eigenvalue weighted by Gasteiger charge is 2.22. The van der Waals surface area contributed by atoms with Gasteiger partial charge in [-0.1, -0.05) is 59.4 Å². The van der Waals surface area contributed by atoms with Crippen LogP contribution in [0.3, 0.4) is 0 Å². The van der Waals surface area contributed by atoms with Crippen LogP contribution in [0.1, 0.15) is 11.5 Å². The van der Waals surface area contributed by atoms with Crippen LogP contribution in [0, 0.1) is 0 Å². The smallest absolute Gasteiger partial charge is 0.237 e. The highest BCUT2D eigenvalue weighted by molar-refractivity contribution is 7.98. The first-order chi connectivity index (χ1) is 16.3. The summed E-state index contributed by atoms with van der Waals surface area (Å²) in [6.45, 7) is 3.65. The van der Waals surface area contributed by atoms with Crippen LogP contribution in [0.25, 0.3) is 11.4 Å². The molecule has 0 atom stereocenters. The Hall–Kier alpha value is -3.37. The third-order valence-corrected chi connectivity index (χ3v) is 6.27. The topological polar surface area (TPSA) is 91.3 Å². The first kappa shape index (κ1) is 21.5. The lowest BCUT2D eigenvalue weighted by Crippen LogP contribution is -2.38. The zero-order valence-corrected chi connectivity index (χ0v) is 19.1. The molecule has 1 fully saturated rings. The van der Waals surface area contributed by atoms with Crippen molar-refractivity contribution < 1.29 is 14.0 Å². The van der Waals surface area contributed by atoms with Crippen LogP contribution in [-0.4, -0.2) is 58.3 Å². The van der Waals surface area contributed by atoms with E-state index in [-0.39, 0.29) is 0 Å². The van der Waals surface area contributed by atoms with Crippen LogP contribution < -0.4 is 9.64 Å². The van der Waals surface area contributed by atoms with Gasteiger partial charge in [0, 0.05) is 13.1 Å². The first-order valence-corrected chi connectivity index (χ1v) is 11.7. The first-order valence-electron chi connectivity index (χ1n) is 10.7. The Morgan fingerprint density at radius 2 is 1.79 bits per heavy atom. The fourth-order valence-electron chi connectivity index (χ4n) is 3.67. The van der Waals surface area contributed by atoms with Gasteiger partial charge in [0.25, 0.3) is 0 Å². The maximum absolute atomic E-state index is 5.51. The van der Waals surface area contributed by atoms with Crippen molar-refractivity contribution in [2.75, 3.05) is 38.3 Å². The Bertz CT molecular complexity index is 1190. The minimum Gasteiger partial charge on any atom is -0.496 e. The molecule has 0 spiro atoms. The number of benzene rings is 2. The summed E-state index contributed by atoms with van der Waals surface area (Å²) in [5.41, 5.74) is 1.98. The summed E-state index contributed by atoms with van der Waals surface area (Å²) < 4.78 is 18.6. The van der Waals surface area contributed by atoms with Gasteiger partial charge in [0.15, 0.2) is 5.16 Å².